The maximum Gasteiger partial charge on any atom is 0.168 e. The second kappa shape index (κ2) is 4.46. The molecule has 0 saturated heterocycles. The Morgan fingerprint density at radius 2 is 2.28 bits per heavy atom. The van der Waals surface area contributed by atoms with E-state index in [-0.39, 0.29) is 5.78 Å². The van der Waals surface area contributed by atoms with Gasteiger partial charge < -0.3 is 4.74 Å². The number of Topliss-reactive ketones (excluding diaryl/α,β-unsaturated/α-hetero) is 1. The minimum atomic E-state index is 0.118. The highest BCUT2D eigenvalue weighted by Crippen LogP contribution is 2.41. The van der Waals surface area contributed by atoms with Crippen molar-refractivity contribution in [1.82, 2.24) is 0 Å². The van der Waals surface area contributed by atoms with Gasteiger partial charge in [-0.05, 0) is 12.1 Å². The average molecular weight is 257 g/mol. The van der Waals surface area contributed by atoms with Gasteiger partial charge in [0.15, 0.2) is 5.78 Å². The number of carbonyl (C=O) groups is 1. The van der Waals surface area contributed by atoms with Crippen molar-refractivity contribution in [2.75, 3.05) is 7.11 Å². The Labute approximate surface area is 109 Å². The SMILES string of the molecule is COc1cccc2c1C1=C(C=CCC1=O)C=NS2. The third kappa shape index (κ3) is 1.69. The monoisotopic (exact) mass is 257 g/mol. The van der Waals surface area contributed by atoms with E-state index in [1.54, 1.807) is 13.3 Å². The summed E-state index contributed by atoms with van der Waals surface area (Å²) in [6.45, 7) is 0. The van der Waals surface area contributed by atoms with Crippen molar-refractivity contribution in [1.29, 1.82) is 0 Å². The molecule has 1 aliphatic carbocycles. The third-order valence-corrected chi connectivity index (χ3v) is 3.72. The van der Waals surface area contributed by atoms with E-state index in [0.29, 0.717) is 6.42 Å². The fourth-order valence-electron chi connectivity index (χ4n) is 2.17. The summed E-state index contributed by atoms with van der Waals surface area (Å²) in [5.41, 5.74) is 2.45. The van der Waals surface area contributed by atoms with E-state index in [1.807, 2.05) is 30.4 Å². The van der Waals surface area contributed by atoms with Crippen LogP contribution < -0.4 is 4.74 Å². The number of ketones is 1. The quantitative estimate of drug-likeness (QED) is 0.726. The smallest absolute Gasteiger partial charge is 0.168 e. The number of nitrogens with zero attached hydrogens (tertiary/aromatic N) is 1. The van der Waals surface area contributed by atoms with Gasteiger partial charge >= 0.3 is 0 Å². The predicted octanol–water partition coefficient (Wildman–Crippen LogP) is 3.07. The Hall–Kier alpha value is -1.81. The summed E-state index contributed by atoms with van der Waals surface area (Å²) < 4.78 is 9.67. The van der Waals surface area contributed by atoms with Gasteiger partial charge in [0.25, 0.3) is 0 Å². The molecule has 1 aliphatic heterocycles. The maximum absolute atomic E-state index is 12.2. The van der Waals surface area contributed by atoms with Crippen LogP contribution in [0.25, 0.3) is 5.57 Å². The average Bonchev–Trinajstić information content (AvgIpc) is 2.58. The highest BCUT2D eigenvalue weighted by Gasteiger charge is 2.25. The Morgan fingerprint density at radius 1 is 1.39 bits per heavy atom. The van der Waals surface area contributed by atoms with Gasteiger partial charge in [0.2, 0.25) is 0 Å². The van der Waals surface area contributed by atoms with Gasteiger partial charge in [-0.15, -0.1) is 0 Å². The largest absolute Gasteiger partial charge is 0.496 e. The molecule has 1 aromatic carbocycles. The zero-order chi connectivity index (χ0) is 12.5. The number of fused-ring (bicyclic) bond motifs is 2. The van der Waals surface area contributed by atoms with Gasteiger partial charge in [0, 0.05) is 46.2 Å². The molecule has 0 radical (unpaired) electrons. The lowest BCUT2D eigenvalue weighted by atomic mass is 9.90. The highest BCUT2D eigenvalue weighted by atomic mass is 32.2. The van der Waals surface area contributed by atoms with Crippen LogP contribution in [-0.2, 0) is 4.79 Å². The number of benzene rings is 1. The molecule has 0 N–H and O–H groups in total. The van der Waals surface area contributed by atoms with Crippen LogP contribution in [0.2, 0.25) is 0 Å². The van der Waals surface area contributed by atoms with Crippen LogP contribution >= 0.6 is 11.9 Å². The molecule has 0 fully saturated rings. The topological polar surface area (TPSA) is 38.7 Å². The van der Waals surface area contributed by atoms with Gasteiger partial charge in [-0.3, -0.25) is 4.79 Å². The van der Waals surface area contributed by atoms with Gasteiger partial charge in [0.05, 0.1) is 7.11 Å². The molecule has 0 amide bonds. The number of methoxy groups -OCH3 is 1. The second-order valence-corrected chi connectivity index (χ2v) is 4.85. The molecule has 0 aromatic heterocycles. The Morgan fingerprint density at radius 3 is 3.11 bits per heavy atom. The lowest BCUT2D eigenvalue weighted by molar-refractivity contribution is -0.113. The van der Waals surface area contributed by atoms with Crippen LogP contribution in [0.4, 0.5) is 0 Å². The molecule has 0 atom stereocenters. The highest BCUT2D eigenvalue weighted by molar-refractivity contribution is 7.98. The van der Waals surface area contributed by atoms with Crippen molar-refractivity contribution in [2.24, 2.45) is 4.40 Å². The van der Waals surface area contributed by atoms with Crippen LogP contribution in [0.3, 0.4) is 0 Å². The molecule has 2 aliphatic rings. The van der Waals surface area contributed by atoms with E-state index < -0.39 is 0 Å². The molecule has 0 unspecified atom stereocenters. The van der Waals surface area contributed by atoms with Crippen molar-refractivity contribution in [3.05, 3.63) is 41.5 Å². The minimum Gasteiger partial charge on any atom is -0.496 e. The van der Waals surface area contributed by atoms with E-state index in [4.69, 9.17) is 4.74 Å². The molecule has 3 nitrogen and oxygen atoms in total. The van der Waals surface area contributed by atoms with E-state index in [9.17, 15) is 4.79 Å². The van der Waals surface area contributed by atoms with Gasteiger partial charge in [-0.25, -0.2) is 4.40 Å². The van der Waals surface area contributed by atoms with Crippen LogP contribution in [0.5, 0.6) is 5.75 Å². The summed E-state index contributed by atoms with van der Waals surface area (Å²) in [7, 11) is 1.62. The number of allylic oxidation sites excluding steroid dienone is 4. The van der Waals surface area contributed by atoms with Crippen LogP contribution in [0.1, 0.15) is 12.0 Å². The Balaban J connectivity index is 2.32. The number of rotatable bonds is 1. The summed E-state index contributed by atoms with van der Waals surface area (Å²) in [6.07, 6.45) is 6.00. The van der Waals surface area contributed by atoms with Crippen LogP contribution in [0, 0.1) is 0 Å². The van der Waals surface area contributed by atoms with Crippen LogP contribution in [-0.4, -0.2) is 19.1 Å². The van der Waals surface area contributed by atoms with Crippen molar-refractivity contribution in [3.63, 3.8) is 0 Å². The first kappa shape index (κ1) is 11.3. The summed E-state index contributed by atoms with van der Waals surface area (Å²) in [4.78, 5) is 13.1. The summed E-state index contributed by atoms with van der Waals surface area (Å²) in [5, 5.41) is 0. The van der Waals surface area contributed by atoms with E-state index in [1.165, 1.54) is 11.9 Å². The molecule has 1 heterocycles. The molecule has 1 aromatic rings. The van der Waals surface area contributed by atoms with E-state index in [2.05, 4.69) is 4.40 Å². The maximum atomic E-state index is 12.2. The van der Waals surface area contributed by atoms with E-state index >= 15 is 0 Å². The molecule has 90 valence electrons. The summed E-state index contributed by atoms with van der Waals surface area (Å²) >= 11 is 1.37. The first-order valence-electron chi connectivity index (χ1n) is 5.63. The zero-order valence-corrected chi connectivity index (χ0v) is 10.7. The molecule has 0 saturated carbocycles. The lowest BCUT2D eigenvalue weighted by Crippen LogP contribution is -2.09. The fourth-order valence-corrected chi connectivity index (χ4v) is 2.89. The first-order valence-corrected chi connectivity index (χ1v) is 6.40. The molecule has 0 spiro atoms. The molecule has 4 heteroatoms. The zero-order valence-electron chi connectivity index (χ0n) is 9.84. The number of hydrogen-bond donors (Lipinski definition) is 0. The van der Waals surface area contributed by atoms with Gasteiger partial charge in [0.1, 0.15) is 5.75 Å². The first-order chi connectivity index (χ1) is 8.81. The number of ether oxygens (including phenoxy) is 1. The van der Waals surface area contributed by atoms with Crippen molar-refractivity contribution >= 4 is 29.5 Å². The van der Waals surface area contributed by atoms with E-state index in [0.717, 1.165) is 27.4 Å². The molecule has 0 bridgehead atoms. The standard InChI is InChI=1S/C14H11NO2S/c1-17-11-6-3-7-12-14(11)13-9(8-15-18-12)4-2-5-10(13)16/h2-4,6-8H,5H2,1H3. The van der Waals surface area contributed by atoms with Gasteiger partial charge in [-0.2, -0.15) is 0 Å². The fraction of sp³-hybridized carbons (Fsp3) is 0.143. The molecular formula is C14H11NO2S. The predicted molar refractivity (Wildman–Crippen MR) is 73.0 cm³/mol. The number of carbonyl (C=O) groups excluding carboxylic acids is 1. The summed E-state index contributed by atoms with van der Waals surface area (Å²) in [6, 6.07) is 5.75. The van der Waals surface area contributed by atoms with Crippen molar-refractivity contribution in [2.45, 2.75) is 11.3 Å². The summed E-state index contributed by atoms with van der Waals surface area (Å²) in [5.74, 6) is 0.842. The minimum absolute atomic E-state index is 0.118. The Bertz CT molecular complexity index is 614. The Kier molecular flexibility index (Phi) is 2.80. The number of hydrogen-bond acceptors (Lipinski definition) is 4. The normalized spacial score (nSPS) is 17.3. The lowest BCUT2D eigenvalue weighted by Gasteiger charge is -2.16. The molecule has 18 heavy (non-hydrogen) atoms. The van der Waals surface area contributed by atoms with Gasteiger partial charge in [-0.1, -0.05) is 18.2 Å². The van der Waals surface area contributed by atoms with Crippen molar-refractivity contribution in [3.8, 4) is 5.75 Å². The third-order valence-electron chi connectivity index (χ3n) is 2.97. The molecule has 3 rings (SSSR count). The van der Waals surface area contributed by atoms with Crippen molar-refractivity contribution < 1.29 is 9.53 Å². The van der Waals surface area contributed by atoms with Crippen LogP contribution in [0.15, 0.2) is 45.2 Å². The molecular weight excluding hydrogens is 246 g/mol. The second-order valence-electron chi connectivity index (χ2n) is 4.02.